The Morgan fingerprint density at radius 2 is 2.00 bits per heavy atom. The lowest BCUT2D eigenvalue weighted by Gasteiger charge is -2.32. The van der Waals surface area contributed by atoms with E-state index in [1.165, 1.54) is 0 Å². The predicted octanol–water partition coefficient (Wildman–Crippen LogP) is 2.65. The maximum atomic E-state index is 11.7. The molecule has 0 aromatic rings. The molecule has 0 aromatic heterocycles. The highest BCUT2D eigenvalue weighted by Gasteiger charge is 2.26. The smallest absolute Gasteiger partial charge is 0.412 e. The molecule has 1 amide bonds. The van der Waals surface area contributed by atoms with Crippen molar-refractivity contribution in [1.82, 2.24) is 4.90 Å². The minimum atomic E-state index is -0.352. The third-order valence-corrected chi connectivity index (χ3v) is 2.04. The van der Waals surface area contributed by atoms with Crippen LogP contribution in [0.5, 0.6) is 0 Å². The SMILES string of the molecule is C=CCN(C(=O)OCC)C(OCC)C(C)C. The summed E-state index contributed by atoms with van der Waals surface area (Å²) in [6.45, 7) is 12.7. The molecule has 0 fully saturated rings. The van der Waals surface area contributed by atoms with Gasteiger partial charge in [-0.25, -0.2) is 4.79 Å². The number of amides is 1. The standard InChI is InChI=1S/C12H23NO3/c1-6-9-13(12(14)16-8-3)11(10(4)5)15-7-2/h6,10-11H,1,7-9H2,2-5H3. The van der Waals surface area contributed by atoms with Gasteiger partial charge in [0.25, 0.3) is 0 Å². The zero-order chi connectivity index (χ0) is 12.6. The molecule has 0 aliphatic carbocycles. The van der Waals surface area contributed by atoms with Gasteiger partial charge in [0, 0.05) is 13.2 Å². The molecule has 0 radical (unpaired) electrons. The quantitative estimate of drug-likeness (QED) is 0.497. The molecule has 4 nitrogen and oxygen atoms in total. The lowest BCUT2D eigenvalue weighted by molar-refractivity contribution is -0.0692. The van der Waals surface area contributed by atoms with Gasteiger partial charge in [-0.05, 0) is 19.8 Å². The zero-order valence-electron chi connectivity index (χ0n) is 10.7. The Morgan fingerprint density at radius 1 is 1.38 bits per heavy atom. The van der Waals surface area contributed by atoms with Gasteiger partial charge < -0.3 is 9.47 Å². The Labute approximate surface area is 98.2 Å². The van der Waals surface area contributed by atoms with Crippen molar-refractivity contribution in [2.24, 2.45) is 5.92 Å². The number of carbonyl (C=O) groups excluding carboxylic acids is 1. The van der Waals surface area contributed by atoms with Crippen LogP contribution in [0.15, 0.2) is 12.7 Å². The summed E-state index contributed by atoms with van der Waals surface area (Å²) in [5.41, 5.74) is 0. The first-order chi connectivity index (χ1) is 7.58. The Hall–Kier alpha value is -1.03. The minimum absolute atomic E-state index is 0.212. The summed E-state index contributed by atoms with van der Waals surface area (Å²) < 4.78 is 10.6. The lowest BCUT2D eigenvalue weighted by atomic mass is 10.1. The molecular weight excluding hydrogens is 206 g/mol. The van der Waals surface area contributed by atoms with Crippen LogP contribution in [-0.4, -0.2) is 37.0 Å². The number of rotatable bonds is 7. The van der Waals surface area contributed by atoms with Crippen LogP contribution in [0.3, 0.4) is 0 Å². The van der Waals surface area contributed by atoms with Crippen LogP contribution in [0, 0.1) is 5.92 Å². The van der Waals surface area contributed by atoms with Crippen molar-refractivity contribution in [2.45, 2.75) is 33.9 Å². The fourth-order valence-corrected chi connectivity index (χ4v) is 1.44. The fourth-order valence-electron chi connectivity index (χ4n) is 1.44. The molecule has 94 valence electrons. The third kappa shape index (κ3) is 4.66. The summed E-state index contributed by atoms with van der Waals surface area (Å²) in [4.78, 5) is 13.3. The molecule has 0 bridgehead atoms. The summed E-state index contributed by atoms with van der Waals surface area (Å²) in [5, 5.41) is 0. The number of hydrogen-bond acceptors (Lipinski definition) is 3. The van der Waals surface area contributed by atoms with Crippen molar-refractivity contribution >= 4 is 6.09 Å². The molecule has 16 heavy (non-hydrogen) atoms. The van der Waals surface area contributed by atoms with Gasteiger partial charge in [0.15, 0.2) is 0 Å². The monoisotopic (exact) mass is 229 g/mol. The van der Waals surface area contributed by atoms with Crippen molar-refractivity contribution in [1.29, 1.82) is 0 Å². The molecular formula is C12H23NO3. The predicted molar refractivity (Wildman–Crippen MR) is 64.2 cm³/mol. The minimum Gasteiger partial charge on any atom is -0.450 e. The van der Waals surface area contributed by atoms with Crippen molar-refractivity contribution in [3.05, 3.63) is 12.7 Å². The number of hydrogen-bond donors (Lipinski definition) is 0. The molecule has 0 saturated heterocycles. The molecule has 0 aliphatic rings. The highest BCUT2D eigenvalue weighted by molar-refractivity contribution is 5.68. The molecule has 0 saturated carbocycles. The first-order valence-corrected chi connectivity index (χ1v) is 5.74. The Balaban J connectivity index is 4.67. The topological polar surface area (TPSA) is 38.8 Å². The van der Waals surface area contributed by atoms with Gasteiger partial charge in [0.1, 0.15) is 6.23 Å². The molecule has 0 rings (SSSR count). The molecule has 0 spiro atoms. The third-order valence-electron chi connectivity index (χ3n) is 2.04. The Bertz CT molecular complexity index is 216. The normalized spacial score (nSPS) is 12.3. The first-order valence-electron chi connectivity index (χ1n) is 5.74. The van der Waals surface area contributed by atoms with E-state index in [9.17, 15) is 4.79 Å². The van der Waals surface area contributed by atoms with E-state index in [1.54, 1.807) is 17.9 Å². The lowest BCUT2D eigenvalue weighted by Crippen LogP contribution is -2.45. The van der Waals surface area contributed by atoms with Gasteiger partial charge in [-0.15, -0.1) is 6.58 Å². The number of nitrogens with zero attached hydrogens (tertiary/aromatic N) is 1. The highest BCUT2D eigenvalue weighted by Crippen LogP contribution is 2.14. The van der Waals surface area contributed by atoms with Gasteiger partial charge in [-0.1, -0.05) is 19.9 Å². The van der Waals surface area contributed by atoms with Crippen LogP contribution in [0.2, 0.25) is 0 Å². The van der Waals surface area contributed by atoms with Crippen LogP contribution < -0.4 is 0 Å². The van der Waals surface area contributed by atoms with Gasteiger partial charge in [-0.2, -0.15) is 0 Å². The largest absolute Gasteiger partial charge is 0.450 e. The summed E-state index contributed by atoms with van der Waals surface area (Å²) in [7, 11) is 0. The van der Waals surface area contributed by atoms with Crippen LogP contribution in [0.25, 0.3) is 0 Å². The molecule has 1 unspecified atom stereocenters. The maximum absolute atomic E-state index is 11.7. The van der Waals surface area contributed by atoms with Gasteiger partial charge in [0.05, 0.1) is 6.61 Å². The Morgan fingerprint density at radius 3 is 2.38 bits per heavy atom. The van der Waals surface area contributed by atoms with E-state index in [4.69, 9.17) is 9.47 Å². The molecule has 4 heteroatoms. The van der Waals surface area contributed by atoms with Crippen LogP contribution in [-0.2, 0) is 9.47 Å². The van der Waals surface area contributed by atoms with E-state index in [0.717, 1.165) is 0 Å². The van der Waals surface area contributed by atoms with Gasteiger partial charge in [0.2, 0.25) is 0 Å². The Kier molecular flexibility index (Phi) is 7.64. The average molecular weight is 229 g/mol. The summed E-state index contributed by atoms with van der Waals surface area (Å²) in [6.07, 6.45) is 1.06. The van der Waals surface area contributed by atoms with Gasteiger partial charge in [-0.3, -0.25) is 4.90 Å². The van der Waals surface area contributed by atoms with Crippen molar-refractivity contribution in [3.8, 4) is 0 Å². The van der Waals surface area contributed by atoms with E-state index in [1.807, 2.05) is 20.8 Å². The van der Waals surface area contributed by atoms with Crippen LogP contribution in [0.1, 0.15) is 27.7 Å². The molecule has 0 heterocycles. The molecule has 0 N–H and O–H groups in total. The second kappa shape index (κ2) is 8.16. The zero-order valence-corrected chi connectivity index (χ0v) is 10.7. The summed E-state index contributed by atoms with van der Waals surface area (Å²) in [6, 6.07) is 0. The highest BCUT2D eigenvalue weighted by atomic mass is 16.6. The van der Waals surface area contributed by atoms with Crippen LogP contribution >= 0.6 is 0 Å². The van der Waals surface area contributed by atoms with E-state index in [2.05, 4.69) is 6.58 Å². The fraction of sp³-hybridized carbons (Fsp3) is 0.750. The first kappa shape index (κ1) is 15.0. The second-order valence-electron chi connectivity index (χ2n) is 3.73. The maximum Gasteiger partial charge on any atom is 0.412 e. The second-order valence-corrected chi connectivity index (χ2v) is 3.73. The average Bonchev–Trinajstić information content (AvgIpc) is 2.23. The van der Waals surface area contributed by atoms with Crippen molar-refractivity contribution in [3.63, 3.8) is 0 Å². The van der Waals surface area contributed by atoms with Crippen LogP contribution in [0.4, 0.5) is 4.79 Å². The summed E-state index contributed by atoms with van der Waals surface area (Å²) >= 11 is 0. The van der Waals surface area contributed by atoms with Gasteiger partial charge >= 0.3 is 6.09 Å². The number of ether oxygens (including phenoxy) is 2. The molecule has 0 aromatic carbocycles. The van der Waals surface area contributed by atoms with E-state index in [-0.39, 0.29) is 18.2 Å². The number of carbonyl (C=O) groups is 1. The van der Waals surface area contributed by atoms with Crippen molar-refractivity contribution < 1.29 is 14.3 Å². The van der Waals surface area contributed by atoms with Crippen molar-refractivity contribution in [2.75, 3.05) is 19.8 Å². The summed E-state index contributed by atoms with van der Waals surface area (Å²) in [5.74, 6) is 0.212. The van der Waals surface area contributed by atoms with E-state index >= 15 is 0 Å². The molecule has 1 atom stereocenters. The molecule has 0 aliphatic heterocycles. The van der Waals surface area contributed by atoms with E-state index in [0.29, 0.717) is 19.8 Å². The van der Waals surface area contributed by atoms with E-state index < -0.39 is 0 Å².